The van der Waals surface area contributed by atoms with Gasteiger partial charge in [0.25, 0.3) is 11.6 Å². The molecule has 0 saturated heterocycles. The third kappa shape index (κ3) is 5.32. The molecule has 0 radical (unpaired) electrons. The van der Waals surface area contributed by atoms with Gasteiger partial charge in [0.1, 0.15) is 6.67 Å². The summed E-state index contributed by atoms with van der Waals surface area (Å²) in [5.41, 5.74) is -1.51. The zero-order valence-electron chi connectivity index (χ0n) is 18.8. The molecule has 0 aromatic heterocycles. The van der Waals surface area contributed by atoms with Gasteiger partial charge in [-0.3, -0.25) is 29.4 Å². The number of amides is 2. The fraction of sp³-hybridized carbons (Fsp3) is 0.0800. The number of hydrogen-bond acceptors (Lipinski definition) is 6. The fourth-order valence-corrected chi connectivity index (χ4v) is 3.66. The molecule has 3 aromatic rings. The van der Waals surface area contributed by atoms with Crippen LogP contribution in [0.2, 0.25) is 0 Å². The van der Waals surface area contributed by atoms with Gasteiger partial charge in [-0.25, -0.2) is 0 Å². The number of nitrogens with zero attached hydrogens (tertiary/aromatic N) is 3. The van der Waals surface area contributed by atoms with Gasteiger partial charge in [-0.05, 0) is 12.1 Å². The predicted octanol–water partition coefficient (Wildman–Crippen LogP) is 4.72. The molecule has 37 heavy (non-hydrogen) atoms. The maximum absolute atomic E-state index is 13.5. The summed E-state index contributed by atoms with van der Waals surface area (Å²) in [7, 11) is 0. The lowest BCUT2D eigenvalue weighted by Crippen LogP contribution is -2.32. The molecule has 1 heterocycles. The summed E-state index contributed by atoms with van der Waals surface area (Å²) < 4.78 is 39.2. The van der Waals surface area contributed by atoms with Crippen LogP contribution in [0.25, 0.3) is 0 Å². The second-order valence-corrected chi connectivity index (χ2v) is 7.84. The maximum Gasteiger partial charge on any atom is 0.471 e. The van der Waals surface area contributed by atoms with Crippen molar-refractivity contribution in [1.29, 1.82) is 0 Å². The van der Waals surface area contributed by atoms with Crippen LogP contribution in [0.15, 0.2) is 85.2 Å². The quantitative estimate of drug-likeness (QED) is 0.292. The summed E-state index contributed by atoms with van der Waals surface area (Å²) in [5, 5.41) is 13.2. The first-order valence-corrected chi connectivity index (χ1v) is 10.7. The van der Waals surface area contributed by atoms with Crippen LogP contribution in [0.5, 0.6) is 0 Å². The zero-order valence-corrected chi connectivity index (χ0v) is 18.8. The molecule has 0 fully saturated rings. The molecule has 2 amide bonds. The third-order valence-electron chi connectivity index (χ3n) is 5.40. The zero-order chi connectivity index (χ0) is 26.7. The van der Waals surface area contributed by atoms with E-state index >= 15 is 0 Å². The van der Waals surface area contributed by atoms with Crippen LogP contribution in [0.4, 0.5) is 30.2 Å². The van der Waals surface area contributed by atoms with Crippen molar-refractivity contribution in [2.45, 2.75) is 6.18 Å². The predicted molar refractivity (Wildman–Crippen MR) is 127 cm³/mol. The average molecular weight is 510 g/mol. The van der Waals surface area contributed by atoms with E-state index in [1.807, 2.05) is 0 Å². The Morgan fingerprint density at radius 3 is 2.05 bits per heavy atom. The summed E-state index contributed by atoms with van der Waals surface area (Å²) in [6.45, 7) is -0.198. The summed E-state index contributed by atoms with van der Waals surface area (Å²) in [4.78, 5) is 51.4. The molecule has 9 nitrogen and oxygen atoms in total. The number of ketones is 1. The van der Waals surface area contributed by atoms with Gasteiger partial charge < -0.3 is 10.2 Å². The van der Waals surface area contributed by atoms with Crippen LogP contribution in [0.1, 0.15) is 26.3 Å². The molecule has 188 valence electrons. The van der Waals surface area contributed by atoms with Gasteiger partial charge in [-0.15, -0.1) is 0 Å². The minimum atomic E-state index is -5.32. The van der Waals surface area contributed by atoms with Crippen molar-refractivity contribution >= 4 is 34.7 Å². The first-order valence-electron chi connectivity index (χ1n) is 10.7. The molecular weight excluding hydrogens is 493 g/mol. The summed E-state index contributed by atoms with van der Waals surface area (Å²) in [5.74, 6) is -3.60. The molecule has 0 bridgehead atoms. The van der Waals surface area contributed by atoms with E-state index in [4.69, 9.17) is 0 Å². The Morgan fingerprint density at radius 2 is 1.49 bits per heavy atom. The van der Waals surface area contributed by atoms with Crippen molar-refractivity contribution in [1.82, 2.24) is 4.90 Å². The van der Waals surface area contributed by atoms with Crippen LogP contribution in [0.3, 0.4) is 0 Å². The summed E-state index contributed by atoms with van der Waals surface area (Å²) in [6.07, 6.45) is -2.58. The number of alkyl halides is 3. The lowest BCUT2D eigenvalue weighted by atomic mass is 9.98. The molecule has 0 aliphatic carbocycles. The Balaban J connectivity index is 1.82. The third-order valence-corrected chi connectivity index (χ3v) is 5.40. The highest BCUT2D eigenvalue weighted by molar-refractivity contribution is 6.18. The van der Waals surface area contributed by atoms with E-state index in [0.717, 1.165) is 6.07 Å². The topological polar surface area (TPSA) is 113 Å². The Kier molecular flexibility index (Phi) is 6.74. The van der Waals surface area contributed by atoms with Crippen LogP contribution in [0, 0.1) is 10.1 Å². The smallest absolute Gasteiger partial charge is 0.327 e. The molecule has 0 unspecified atom stereocenters. The Hall–Kier alpha value is -5.00. The van der Waals surface area contributed by atoms with E-state index < -0.39 is 45.6 Å². The minimum Gasteiger partial charge on any atom is -0.327 e. The molecule has 0 atom stereocenters. The molecular formula is C25H17F3N4O5. The number of anilines is 2. The van der Waals surface area contributed by atoms with Crippen molar-refractivity contribution < 1.29 is 32.5 Å². The highest BCUT2D eigenvalue weighted by Crippen LogP contribution is 2.37. The Labute approximate surface area is 207 Å². The average Bonchev–Trinajstić information content (AvgIpc) is 3.38. The number of hydrogen-bond donors (Lipinski definition) is 1. The largest absolute Gasteiger partial charge is 0.471 e. The standard InChI is InChI=1S/C25H17F3N4O5/c26-25(27,28)24(35)29-19-13-18(32(36)37)14-20(21(19)22(33)16-7-3-1-4-8-16)30-11-12-31(15-30)23(34)17-9-5-2-6-10-17/h1-14H,15H2,(H,29,35). The SMILES string of the molecule is O=C(c1ccccc1)c1c(NC(=O)C(F)(F)F)cc([N+](=O)[O-])cc1N1C=CN(C(=O)c2ccccc2)C1. The molecule has 1 aliphatic rings. The lowest BCUT2D eigenvalue weighted by Gasteiger charge is -2.24. The van der Waals surface area contributed by atoms with Crippen LogP contribution >= 0.6 is 0 Å². The monoisotopic (exact) mass is 510 g/mol. The number of non-ortho nitro benzene ring substituents is 1. The van der Waals surface area contributed by atoms with E-state index in [1.165, 1.54) is 46.5 Å². The van der Waals surface area contributed by atoms with E-state index in [2.05, 4.69) is 0 Å². The van der Waals surface area contributed by atoms with Gasteiger partial charge in [0, 0.05) is 35.7 Å². The summed E-state index contributed by atoms with van der Waals surface area (Å²) in [6, 6.07) is 17.4. The number of benzene rings is 3. The number of carbonyl (C=O) groups excluding carboxylic acids is 3. The summed E-state index contributed by atoms with van der Waals surface area (Å²) >= 11 is 0. The van der Waals surface area contributed by atoms with Crippen molar-refractivity contribution in [2.75, 3.05) is 16.9 Å². The van der Waals surface area contributed by atoms with Gasteiger partial charge in [0.05, 0.1) is 21.9 Å². The van der Waals surface area contributed by atoms with Gasteiger partial charge in [-0.1, -0.05) is 48.5 Å². The Bertz CT molecular complexity index is 1410. The number of nitro groups is 1. The normalized spacial score (nSPS) is 12.9. The second-order valence-electron chi connectivity index (χ2n) is 7.84. The first kappa shape index (κ1) is 25.1. The van der Waals surface area contributed by atoms with Crippen LogP contribution in [-0.2, 0) is 4.79 Å². The van der Waals surface area contributed by atoms with Gasteiger partial charge in [-0.2, -0.15) is 13.2 Å². The van der Waals surface area contributed by atoms with E-state index in [1.54, 1.807) is 41.7 Å². The van der Waals surface area contributed by atoms with Gasteiger partial charge >= 0.3 is 12.1 Å². The molecule has 1 N–H and O–H groups in total. The molecule has 0 spiro atoms. The first-order chi connectivity index (χ1) is 17.6. The highest BCUT2D eigenvalue weighted by atomic mass is 19.4. The number of halogens is 3. The molecule has 0 saturated carbocycles. The minimum absolute atomic E-state index is 0.0699. The number of carbonyl (C=O) groups is 3. The molecule has 1 aliphatic heterocycles. The van der Waals surface area contributed by atoms with Crippen molar-refractivity contribution in [3.8, 4) is 0 Å². The van der Waals surface area contributed by atoms with E-state index in [-0.39, 0.29) is 17.9 Å². The number of nitrogens with one attached hydrogen (secondary N) is 1. The van der Waals surface area contributed by atoms with Crippen molar-refractivity contribution in [3.63, 3.8) is 0 Å². The molecule has 12 heteroatoms. The fourth-order valence-electron chi connectivity index (χ4n) is 3.66. The molecule has 4 rings (SSSR count). The van der Waals surface area contributed by atoms with E-state index in [9.17, 15) is 37.7 Å². The van der Waals surface area contributed by atoms with Gasteiger partial charge in [0.2, 0.25) is 0 Å². The van der Waals surface area contributed by atoms with Gasteiger partial charge in [0.15, 0.2) is 5.78 Å². The highest BCUT2D eigenvalue weighted by Gasteiger charge is 2.40. The van der Waals surface area contributed by atoms with Crippen LogP contribution < -0.4 is 10.2 Å². The lowest BCUT2D eigenvalue weighted by molar-refractivity contribution is -0.384. The van der Waals surface area contributed by atoms with Crippen LogP contribution in [-0.4, -0.2) is 40.3 Å². The van der Waals surface area contributed by atoms with Crippen molar-refractivity contribution in [2.24, 2.45) is 0 Å². The van der Waals surface area contributed by atoms with E-state index in [0.29, 0.717) is 11.6 Å². The second kappa shape index (κ2) is 9.93. The Morgan fingerprint density at radius 1 is 0.892 bits per heavy atom. The number of rotatable bonds is 6. The maximum atomic E-state index is 13.5. The number of nitro benzene ring substituents is 1. The van der Waals surface area contributed by atoms with Crippen molar-refractivity contribution in [3.05, 3.63) is 112 Å². The molecule has 3 aromatic carbocycles.